The van der Waals surface area contributed by atoms with E-state index in [1.807, 2.05) is 6.07 Å². The molecule has 0 spiro atoms. The van der Waals surface area contributed by atoms with Crippen LogP contribution in [0.25, 0.3) is 22.3 Å². The molecule has 8 nitrogen and oxygen atoms in total. The maximum atomic E-state index is 6.37. The van der Waals surface area contributed by atoms with Gasteiger partial charge in [-0.3, -0.25) is 0 Å². The van der Waals surface area contributed by atoms with Crippen LogP contribution in [0.15, 0.2) is 47.3 Å². The molecule has 2 unspecified atom stereocenters. The topological polar surface area (TPSA) is 121 Å². The number of hydrogen-bond acceptors (Lipinski definition) is 7. The van der Waals surface area contributed by atoms with E-state index in [-0.39, 0.29) is 12.0 Å². The third-order valence-corrected chi connectivity index (χ3v) is 7.62. The van der Waals surface area contributed by atoms with Gasteiger partial charge in [-0.1, -0.05) is 43.5 Å². The van der Waals surface area contributed by atoms with Crippen LogP contribution in [-0.2, 0) is 6.54 Å². The Bertz CT molecular complexity index is 1290. The van der Waals surface area contributed by atoms with E-state index in [1.54, 1.807) is 12.5 Å². The number of nitrogens with one attached hydrogen (secondary N) is 1. The third kappa shape index (κ3) is 4.38. The number of anilines is 2. The molecule has 2 aliphatic rings. The minimum atomic E-state index is 0.240. The lowest BCUT2D eigenvalue weighted by molar-refractivity contribution is 0.364. The lowest BCUT2D eigenvalue weighted by Gasteiger charge is -2.28. The second-order valence-corrected chi connectivity index (χ2v) is 10.1. The van der Waals surface area contributed by atoms with Crippen LogP contribution in [0.1, 0.15) is 74.7 Å². The van der Waals surface area contributed by atoms with Crippen LogP contribution >= 0.6 is 0 Å². The fourth-order valence-corrected chi connectivity index (χ4v) is 5.83. The Morgan fingerprint density at radius 1 is 0.943 bits per heavy atom. The van der Waals surface area contributed by atoms with Gasteiger partial charge < -0.3 is 25.8 Å². The van der Waals surface area contributed by atoms with Crippen LogP contribution < -0.4 is 16.8 Å². The number of nitrogens with zero attached hydrogens (tertiary/aromatic N) is 4. The van der Waals surface area contributed by atoms with Gasteiger partial charge in [-0.25, -0.2) is 4.98 Å². The van der Waals surface area contributed by atoms with Crippen molar-refractivity contribution in [2.45, 2.75) is 75.9 Å². The standard InChI is InChI=1S/C27H33N7O/c28-21-5-3-4-19(14-21)25-31-23-24(32-27(29)33-26(23)34(25)22-6-1-2-7-22)30-15-17-8-10-18(11-9-17)20-12-13-35-16-20/h8-13,16,19,21-22H,1-7,14-15,28H2,(H3,29,30,32,33). The molecule has 0 radical (unpaired) electrons. The van der Waals surface area contributed by atoms with E-state index >= 15 is 0 Å². The zero-order chi connectivity index (χ0) is 23.8. The number of imidazole rings is 1. The Morgan fingerprint density at radius 2 is 1.77 bits per heavy atom. The van der Waals surface area contributed by atoms with Gasteiger partial charge in [0, 0.05) is 30.1 Å². The predicted octanol–water partition coefficient (Wildman–Crippen LogP) is 5.38. The summed E-state index contributed by atoms with van der Waals surface area (Å²) >= 11 is 0. The molecule has 8 heteroatoms. The summed E-state index contributed by atoms with van der Waals surface area (Å²) < 4.78 is 7.58. The SMILES string of the molecule is Nc1nc(NCc2ccc(-c3ccoc3)cc2)c2nc(C3CCCC(N)C3)n(C3CCCC3)c2n1. The van der Waals surface area contributed by atoms with Gasteiger partial charge in [0.2, 0.25) is 5.95 Å². The molecule has 0 saturated heterocycles. The van der Waals surface area contributed by atoms with Gasteiger partial charge in [0.15, 0.2) is 17.0 Å². The quantitative estimate of drug-likeness (QED) is 0.345. The maximum absolute atomic E-state index is 6.37. The molecule has 3 heterocycles. The van der Waals surface area contributed by atoms with E-state index in [2.05, 4.69) is 39.1 Å². The molecule has 5 N–H and O–H groups in total. The molecule has 0 aliphatic heterocycles. The van der Waals surface area contributed by atoms with Crippen molar-refractivity contribution in [2.24, 2.45) is 5.73 Å². The molecule has 35 heavy (non-hydrogen) atoms. The second kappa shape index (κ2) is 9.34. The highest BCUT2D eigenvalue weighted by atomic mass is 16.3. The first-order valence-corrected chi connectivity index (χ1v) is 12.8. The summed E-state index contributed by atoms with van der Waals surface area (Å²) in [6.07, 6.45) is 12.6. The predicted molar refractivity (Wildman–Crippen MR) is 138 cm³/mol. The lowest BCUT2D eigenvalue weighted by atomic mass is 9.85. The fourth-order valence-electron chi connectivity index (χ4n) is 5.83. The zero-order valence-electron chi connectivity index (χ0n) is 20.0. The average molecular weight is 472 g/mol. The van der Waals surface area contributed by atoms with E-state index in [0.29, 0.717) is 24.3 Å². The van der Waals surface area contributed by atoms with Gasteiger partial charge in [0.1, 0.15) is 5.82 Å². The van der Waals surface area contributed by atoms with Crippen LogP contribution in [0.4, 0.5) is 11.8 Å². The first-order chi connectivity index (χ1) is 17.2. The molecule has 6 rings (SSSR count). The average Bonchev–Trinajstić information content (AvgIpc) is 3.64. The van der Waals surface area contributed by atoms with E-state index in [4.69, 9.17) is 25.9 Å². The number of nitrogen functional groups attached to an aromatic ring is 1. The van der Waals surface area contributed by atoms with Crippen LogP contribution in [0.3, 0.4) is 0 Å². The molecule has 0 amide bonds. The third-order valence-electron chi connectivity index (χ3n) is 7.62. The summed E-state index contributed by atoms with van der Waals surface area (Å²) in [5, 5.41) is 3.49. The molecule has 1 aromatic carbocycles. The highest BCUT2D eigenvalue weighted by Gasteiger charge is 2.31. The Morgan fingerprint density at radius 3 is 2.51 bits per heavy atom. The van der Waals surface area contributed by atoms with Crippen molar-refractivity contribution in [2.75, 3.05) is 11.1 Å². The van der Waals surface area contributed by atoms with E-state index in [0.717, 1.165) is 72.2 Å². The van der Waals surface area contributed by atoms with Gasteiger partial charge >= 0.3 is 0 Å². The fraction of sp³-hybridized carbons (Fsp3) is 0.444. The Kier molecular flexibility index (Phi) is 5.90. The molecular formula is C27H33N7O. The van der Waals surface area contributed by atoms with Crippen molar-refractivity contribution in [3.8, 4) is 11.1 Å². The molecule has 2 atom stereocenters. The van der Waals surface area contributed by atoms with Crippen molar-refractivity contribution in [3.63, 3.8) is 0 Å². The van der Waals surface area contributed by atoms with Gasteiger partial charge in [-0.2, -0.15) is 9.97 Å². The Labute approximate surface area is 205 Å². The Hall–Kier alpha value is -3.39. The minimum Gasteiger partial charge on any atom is -0.472 e. The monoisotopic (exact) mass is 471 g/mol. The van der Waals surface area contributed by atoms with Gasteiger partial charge in [0.25, 0.3) is 0 Å². The molecular weight excluding hydrogens is 438 g/mol. The number of rotatable bonds is 6. The lowest BCUT2D eigenvalue weighted by Crippen LogP contribution is -2.28. The van der Waals surface area contributed by atoms with Gasteiger partial charge in [-0.15, -0.1) is 0 Å². The largest absolute Gasteiger partial charge is 0.472 e. The van der Waals surface area contributed by atoms with Crippen LogP contribution in [0.5, 0.6) is 0 Å². The van der Waals surface area contributed by atoms with Gasteiger partial charge in [0.05, 0.1) is 12.5 Å². The summed E-state index contributed by atoms with van der Waals surface area (Å²) in [5.74, 6) is 2.46. The highest BCUT2D eigenvalue weighted by molar-refractivity contribution is 5.85. The van der Waals surface area contributed by atoms with E-state index in [1.165, 1.54) is 12.8 Å². The van der Waals surface area contributed by atoms with Gasteiger partial charge in [-0.05, 0) is 49.3 Å². The molecule has 0 bridgehead atoms. The number of benzene rings is 1. The molecule has 2 fully saturated rings. The minimum absolute atomic E-state index is 0.240. The number of fused-ring (bicyclic) bond motifs is 1. The van der Waals surface area contributed by atoms with E-state index in [9.17, 15) is 0 Å². The first kappa shape index (κ1) is 22.1. The molecule has 3 aromatic heterocycles. The maximum Gasteiger partial charge on any atom is 0.224 e. The van der Waals surface area contributed by atoms with Crippen molar-refractivity contribution in [1.82, 2.24) is 19.5 Å². The summed E-state index contributed by atoms with van der Waals surface area (Å²) in [4.78, 5) is 14.4. The second-order valence-electron chi connectivity index (χ2n) is 10.1. The zero-order valence-corrected chi connectivity index (χ0v) is 20.0. The Balaban J connectivity index is 1.33. The number of aromatic nitrogens is 4. The highest BCUT2D eigenvalue weighted by Crippen LogP contribution is 2.40. The summed E-state index contributed by atoms with van der Waals surface area (Å²) in [7, 11) is 0. The van der Waals surface area contributed by atoms with Crippen molar-refractivity contribution in [3.05, 3.63) is 54.2 Å². The van der Waals surface area contributed by atoms with Crippen molar-refractivity contribution >= 4 is 22.9 Å². The van der Waals surface area contributed by atoms with Crippen LogP contribution in [-0.4, -0.2) is 25.6 Å². The number of nitrogens with two attached hydrogens (primary N) is 2. The molecule has 2 saturated carbocycles. The van der Waals surface area contributed by atoms with E-state index < -0.39 is 0 Å². The molecule has 2 aliphatic carbocycles. The molecule has 4 aromatic rings. The summed E-state index contributed by atoms with van der Waals surface area (Å²) in [6, 6.07) is 11.1. The summed E-state index contributed by atoms with van der Waals surface area (Å²) in [5.41, 5.74) is 17.6. The smallest absolute Gasteiger partial charge is 0.224 e. The van der Waals surface area contributed by atoms with Crippen LogP contribution in [0, 0.1) is 0 Å². The van der Waals surface area contributed by atoms with Crippen molar-refractivity contribution in [1.29, 1.82) is 0 Å². The first-order valence-electron chi connectivity index (χ1n) is 12.8. The normalized spacial score (nSPS) is 21.1. The number of furan rings is 1. The van der Waals surface area contributed by atoms with Crippen molar-refractivity contribution < 1.29 is 4.42 Å². The molecule has 182 valence electrons. The van der Waals surface area contributed by atoms with Crippen LogP contribution in [0.2, 0.25) is 0 Å². The number of hydrogen-bond donors (Lipinski definition) is 3. The summed E-state index contributed by atoms with van der Waals surface area (Å²) in [6.45, 7) is 0.622.